The number of hydrogen-bond donors (Lipinski definition) is 0. The maximum absolute atomic E-state index is 13.5. The second kappa shape index (κ2) is 6.22. The smallest absolute Gasteiger partial charge is 0.266 e. The lowest BCUT2D eigenvalue weighted by atomic mass is 10.2. The van der Waals surface area contributed by atoms with Crippen molar-refractivity contribution in [3.63, 3.8) is 0 Å². The summed E-state index contributed by atoms with van der Waals surface area (Å²) in [5, 5.41) is 0. The molecule has 1 aliphatic heterocycles. The summed E-state index contributed by atoms with van der Waals surface area (Å²) in [5.74, 6) is -1.73. The molecule has 0 bridgehead atoms. The molecule has 0 saturated carbocycles. The highest BCUT2D eigenvalue weighted by atomic mass is 32.2. The zero-order valence-corrected chi connectivity index (χ0v) is 12.9. The van der Waals surface area contributed by atoms with E-state index in [1.807, 2.05) is 0 Å². The van der Waals surface area contributed by atoms with Crippen molar-refractivity contribution in [3.05, 3.63) is 40.6 Å². The molecule has 112 valence electrons. The molecule has 0 aliphatic carbocycles. The van der Waals surface area contributed by atoms with Gasteiger partial charge in [-0.2, -0.15) is 0 Å². The number of halogens is 1. The van der Waals surface area contributed by atoms with Crippen molar-refractivity contribution in [1.82, 2.24) is 4.90 Å². The van der Waals surface area contributed by atoms with Crippen molar-refractivity contribution in [2.24, 2.45) is 0 Å². The first-order valence-corrected chi connectivity index (χ1v) is 8.51. The molecule has 0 radical (unpaired) electrons. The van der Waals surface area contributed by atoms with Gasteiger partial charge in [-0.05, 0) is 12.1 Å². The number of amides is 1. The fraction of sp³-hybridized carbons (Fsp3) is 0.167. The molecular formula is C12H9FNO4S3-. The van der Waals surface area contributed by atoms with Gasteiger partial charge >= 0.3 is 0 Å². The number of rotatable bonds is 4. The summed E-state index contributed by atoms with van der Waals surface area (Å²) in [4.78, 5) is 13.3. The van der Waals surface area contributed by atoms with Gasteiger partial charge in [0.1, 0.15) is 10.1 Å². The molecule has 1 aliphatic rings. The first-order chi connectivity index (χ1) is 9.78. The maximum atomic E-state index is 13.5. The number of thioether (sulfide) groups is 1. The summed E-state index contributed by atoms with van der Waals surface area (Å²) in [7, 11) is -4.43. The van der Waals surface area contributed by atoms with Crippen LogP contribution in [0, 0.1) is 5.82 Å². The summed E-state index contributed by atoms with van der Waals surface area (Å²) >= 11 is 5.91. The largest absolute Gasteiger partial charge is 0.748 e. The van der Waals surface area contributed by atoms with Crippen LogP contribution < -0.4 is 0 Å². The van der Waals surface area contributed by atoms with E-state index in [1.54, 1.807) is 6.07 Å². The Balaban J connectivity index is 2.20. The molecule has 0 atom stereocenters. The van der Waals surface area contributed by atoms with E-state index in [0.717, 1.165) is 16.7 Å². The summed E-state index contributed by atoms with van der Waals surface area (Å²) in [6.45, 7) is -0.300. The number of thiocarbonyl (C=S) groups is 1. The molecule has 2 rings (SSSR count). The Kier molecular flexibility index (Phi) is 4.77. The van der Waals surface area contributed by atoms with Gasteiger partial charge in [-0.3, -0.25) is 9.69 Å². The molecule has 1 amide bonds. The summed E-state index contributed by atoms with van der Waals surface area (Å²) < 4.78 is 45.5. The molecule has 0 unspecified atom stereocenters. The molecule has 1 heterocycles. The average Bonchev–Trinajstić information content (AvgIpc) is 2.64. The fourth-order valence-corrected chi connectivity index (χ4v) is 3.33. The monoisotopic (exact) mass is 346 g/mol. The van der Waals surface area contributed by atoms with Crippen LogP contribution in [-0.4, -0.2) is 40.4 Å². The van der Waals surface area contributed by atoms with Gasteiger partial charge in [-0.1, -0.05) is 42.2 Å². The molecule has 21 heavy (non-hydrogen) atoms. The zero-order chi connectivity index (χ0) is 15.6. The van der Waals surface area contributed by atoms with Crippen molar-refractivity contribution >= 4 is 50.4 Å². The number of nitrogens with zero attached hydrogens (tertiary/aromatic N) is 1. The summed E-state index contributed by atoms with van der Waals surface area (Å²) in [6.07, 6.45) is 1.35. The van der Waals surface area contributed by atoms with E-state index in [0.29, 0.717) is 0 Å². The fourth-order valence-electron chi connectivity index (χ4n) is 1.63. The van der Waals surface area contributed by atoms with E-state index >= 15 is 0 Å². The number of carbonyl (C=O) groups excluding carboxylic acids is 1. The van der Waals surface area contributed by atoms with Crippen LogP contribution in [0.2, 0.25) is 0 Å². The van der Waals surface area contributed by atoms with Gasteiger partial charge in [0, 0.05) is 12.1 Å². The molecule has 0 aromatic heterocycles. The average molecular weight is 346 g/mol. The third kappa shape index (κ3) is 4.10. The summed E-state index contributed by atoms with van der Waals surface area (Å²) in [6, 6.07) is 5.91. The van der Waals surface area contributed by atoms with Crippen LogP contribution in [0.5, 0.6) is 0 Å². The molecular weight excluding hydrogens is 337 g/mol. The van der Waals surface area contributed by atoms with Crippen molar-refractivity contribution in [2.45, 2.75) is 0 Å². The van der Waals surface area contributed by atoms with Crippen molar-refractivity contribution < 1.29 is 22.2 Å². The molecule has 5 nitrogen and oxygen atoms in total. The first kappa shape index (κ1) is 16.1. The maximum Gasteiger partial charge on any atom is 0.266 e. The second-order valence-electron chi connectivity index (χ2n) is 4.12. The standard InChI is InChI=1S/C12H10FNO4S3/c13-9-4-2-1-3-8(9)7-10-11(15)14(12(19)20-10)5-6-21(16,17)18/h1-4,7H,5-6H2,(H,16,17,18)/p-1/b10-7-. The van der Waals surface area contributed by atoms with Gasteiger partial charge < -0.3 is 4.55 Å². The molecule has 9 heteroatoms. The molecule has 0 N–H and O–H groups in total. The Morgan fingerprint density at radius 3 is 2.67 bits per heavy atom. The minimum absolute atomic E-state index is 0.145. The van der Waals surface area contributed by atoms with Crippen LogP contribution in [-0.2, 0) is 14.9 Å². The van der Waals surface area contributed by atoms with Gasteiger partial charge in [0.2, 0.25) is 0 Å². The highest BCUT2D eigenvalue weighted by molar-refractivity contribution is 8.26. The molecule has 1 fully saturated rings. The van der Waals surface area contributed by atoms with E-state index in [9.17, 15) is 22.2 Å². The minimum Gasteiger partial charge on any atom is -0.748 e. The normalized spacial score (nSPS) is 17.8. The van der Waals surface area contributed by atoms with Gasteiger partial charge in [0.05, 0.1) is 20.8 Å². The lowest BCUT2D eigenvalue weighted by Gasteiger charge is -2.15. The quantitative estimate of drug-likeness (QED) is 0.468. The molecule has 1 aromatic rings. The van der Waals surface area contributed by atoms with E-state index in [1.165, 1.54) is 24.3 Å². The Hall–Kier alpha value is -1.29. The Morgan fingerprint density at radius 2 is 2.05 bits per heavy atom. The Morgan fingerprint density at radius 1 is 1.38 bits per heavy atom. The van der Waals surface area contributed by atoms with E-state index in [4.69, 9.17) is 12.2 Å². The van der Waals surface area contributed by atoms with Crippen LogP contribution in [0.15, 0.2) is 29.2 Å². The number of hydrogen-bond acceptors (Lipinski definition) is 6. The SMILES string of the molecule is O=C1/C(=C/c2ccccc2F)SC(=S)N1CCS(=O)(=O)[O-]. The Labute approximate surface area is 130 Å². The van der Waals surface area contributed by atoms with Gasteiger partial charge in [-0.15, -0.1) is 0 Å². The highest BCUT2D eigenvalue weighted by Gasteiger charge is 2.32. The molecule has 0 spiro atoms. The lowest BCUT2D eigenvalue weighted by Crippen LogP contribution is -2.32. The summed E-state index contributed by atoms with van der Waals surface area (Å²) in [5.41, 5.74) is 0.231. The van der Waals surface area contributed by atoms with Gasteiger partial charge in [0.15, 0.2) is 0 Å². The van der Waals surface area contributed by atoms with E-state index < -0.39 is 27.6 Å². The predicted octanol–water partition coefficient (Wildman–Crippen LogP) is 1.57. The van der Waals surface area contributed by atoms with Crippen LogP contribution >= 0.6 is 24.0 Å². The van der Waals surface area contributed by atoms with Gasteiger partial charge in [-0.25, -0.2) is 12.8 Å². The molecule has 1 aromatic carbocycles. The lowest BCUT2D eigenvalue weighted by molar-refractivity contribution is -0.121. The first-order valence-electron chi connectivity index (χ1n) is 5.71. The highest BCUT2D eigenvalue weighted by Crippen LogP contribution is 2.32. The predicted molar refractivity (Wildman–Crippen MR) is 80.8 cm³/mol. The second-order valence-corrected chi connectivity index (χ2v) is 7.32. The van der Waals surface area contributed by atoms with Crippen LogP contribution in [0.25, 0.3) is 6.08 Å². The zero-order valence-electron chi connectivity index (χ0n) is 10.5. The van der Waals surface area contributed by atoms with Crippen LogP contribution in [0.1, 0.15) is 5.56 Å². The molecule has 1 saturated heterocycles. The van der Waals surface area contributed by atoms with E-state index in [2.05, 4.69) is 0 Å². The Bertz CT molecular complexity index is 730. The van der Waals surface area contributed by atoms with Gasteiger partial charge in [0.25, 0.3) is 5.91 Å². The number of benzene rings is 1. The number of carbonyl (C=O) groups is 1. The minimum atomic E-state index is -4.43. The van der Waals surface area contributed by atoms with Crippen molar-refractivity contribution in [1.29, 1.82) is 0 Å². The van der Waals surface area contributed by atoms with Crippen molar-refractivity contribution in [2.75, 3.05) is 12.3 Å². The van der Waals surface area contributed by atoms with Crippen LogP contribution in [0.3, 0.4) is 0 Å². The van der Waals surface area contributed by atoms with Crippen molar-refractivity contribution in [3.8, 4) is 0 Å². The third-order valence-corrected chi connectivity index (χ3v) is 4.69. The topological polar surface area (TPSA) is 77.5 Å². The van der Waals surface area contributed by atoms with E-state index in [-0.39, 0.29) is 21.3 Å². The van der Waals surface area contributed by atoms with Crippen LogP contribution in [0.4, 0.5) is 4.39 Å². The third-order valence-electron chi connectivity index (χ3n) is 2.63.